The van der Waals surface area contributed by atoms with Gasteiger partial charge >= 0.3 is 5.97 Å². The van der Waals surface area contributed by atoms with Crippen LogP contribution in [0.1, 0.15) is 17.3 Å². The Kier molecular flexibility index (Phi) is 8.35. The topological polar surface area (TPSA) is 126 Å². The number of ether oxygens (including phenoxy) is 4. The SMILES string of the molecule is COc1cc(C(=O)OC(C)C(=O)Nc2ccc(Cl)cc2Cl)cc(OC)c1OCC(N)=O. The maximum atomic E-state index is 12.6. The largest absolute Gasteiger partial charge is 0.493 e. The number of methoxy groups -OCH3 is 2. The number of hydrogen-bond donors (Lipinski definition) is 2. The van der Waals surface area contributed by atoms with Crippen LogP contribution in [-0.4, -0.2) is 44.7 Å². The van der Waals surface area contributed by atoms with Gasteiger partial charge in [0.05, 0.1) is 30.5 Å². The molecule has 0 heterocycles. The molecule has 0 saturated carbocycles. The standard InChI is InChI=1S/C20H20Cl2N2O7/c1-10(19(26)24-14-5-4-12(21)8-13(14)22)31-20(27)11-6-15(28-2)18(16(7-11)29-3)30-9-17(23)25/h4-8,10H,9H2,1-3H3,(H2,23,25)(H,24,26). The number of hydrogen-bond acceptors (Lipinski definition) is 7. The Morgan fingerprint density at radius 1 is 1.06 bits per heavy atom. The van der Waals surface area contributed by atoms with Crippen molar-refractivity contribution in [3.05, 3.63) is 45.9 Å². The van der Waals surface area contributed by atoms with Crippen molar-refractivity contribution in [2.24, 2.45) is 5.73 Å². The van der Waals surface area contributed by atoms with Gasteiger partial charge in [-0.3, -0.25) is 9.59 Å². The summed E-state index contributed by atoms with van der Waals surface area (Å²) in [5.41, 5.74) is 5.43. The number of nitrogens with two attached hydrogens (primary N) is 1. The van der Waals surface area contributed by atoms with E-state index < -0.39 is 30.5 Å². The predicted octanol–water partition coefficient (Wildman–Crippen LogP) is 3.06. The van der Waals surface area contributed by atoms with Crippen LogP contribution in [0.25, 0.3) is 0 Å². The quantitative estimate of drug-likeness (QED) is 0.539. The van der Waals surface area contributed by atoms with Crippen molar-refractivity contribution in [1.29, 1.82) is 0 Å². The minimum Gasteiger partial charge on any atom is -0.493 e. The molecule has 0 bridgehead atoms. The molecule has 0 spiro atoms. The summed E-state index contributed by atoms with van der Waals surface area (Å²) in [7, 11) is 2.68. The number of rotatable bonds is 9. The van der Waals surface area contributed by atoms with E-state index in [-0.39, 0.29) is 27.8 Å². The van der Waals surface area contributed by atoms with Gasteiger partial charge in [0.25, 0.3) is 11.8 Å². The van der Waals surface area contributed by atoms with Crippen LogP contribution in [0.5, 0.6) is 17.2 Å². The number of carbonyl (C=O) groups excluding carboxylic acids is 3. The van der Waals surface area contributed by atoms with Gasteiger partial charge in [-0.25, -0.2) is 4.79 Å². The van der Waals surface area contributed by atoms with Gasteiger partial charge in [0.2, 0.25) is 5.75 Å². The number of benzene rings is 2. The minimum atomic E-state index is -1.15. The summed E-state index contributed by atoms with van der Waals surface area (Å²) in [5.74, 6) is -1.81. The lowest BCUT2D eigenvalue weighted by atomic mass is 10.1. The Bertz CT molecular complexity index is 972. The van der Waals surface area contributed by atoms with Gasteiger partial charge in [-0.05, 0) is 37.3 Å². The summed E-state index contributed by atoms with van der Waals surface area (Å²) >= 11 is 11.9. The van der Waals surface area contributed by atoms with Crippen LogP contribution in [0.4, 0.5) is 5.69 Å². The first-order valence-electron chi connectivity index (χ1n) is 8.80. The van der Waals surface area contributed by atoms with Gasteiger partial charge in [0, 0.05) is 5.02 Å². The molecule has 0 aliphatic heterocycles. The molecule has 0 fully saturated rings. The first-order valence-corrected chi connectivity index (χ1v) is 9.55. The van der Waals surface area contributed by atoms with Crippen molar-refractivity contribution in [3.63, 3.8) is 0 Å². The zero-order chi connectivity index (χ0) is 23.1. The average molecular weight is 471 g/mol. The molecule has 0 aromatic heterocycles. The molecule has 1 atom stereocenters. The lowest BCUT2D eigenvalue weighted by Gasteiger charge is -2.17. The summed E-state index contributed by atoms with van der Waals surface area (Å²) in [5, 5.41) is 3.20. The Morgan fingerprint density at radius 2 is 1.68 bits per heavy atom. The van der Waals surface area contributed by atoms with Crippen LogP contribution < -0.4 is 25.3 Å². The fraction of sp³-hybridized carbons (Fsp3) is 0.250. The van der Waals surface area contributed by atoms with Crippen LogP contribution in [0, 0.1) is 0 Å². The second-order valence-electron chi connectivity index (χ2n) is 6.13. The molecule has 2 rings (SSSR count). The van der Waals surface area contributed by atoms with Crippen molar-refractivity contribution < 1.29 is 33.3 Å². The number of nitrogens with one attached hydrogen (secondary N) is 1. The fourth-order valence-corrected chi connectivity index (χ4v) is 2.85. The van der Waals surface area contributed by atoms with Gasteiger partial charge in [-0.15, -0.1) is 0 Å². The zero-order valence-corrected chi connectivity index (χ0v) is 18.4. The van der Waals surface area contributed by atoms with Crippen LogP contribution in [0.15, 0.2) is 30.3 Å². The molecule has 2 amide bonds. The predicted molar refractivity (Wildman–Crippen MR) is 114 cm³/mol. The Labute approximate surface area is 188 Å². The highest BCUT2D eigenvalue weighted by molar-refractivity contribution is 6.36. The number of esters is 1. The molecule has 0 radical (unpaired) electrons. The Hall–Kier alpha value is -3.17. The average Bonchev–Trinajstić information content (AvgIpc) is 2.73. The second kappa shape index (κ2) is 10.7. The number of primary amides is 1. The van der Waals surface area contributed by atoms with E-state index in [2.05, 4.69) is 5.32 Å². The van der Waals surface area contributed by atoms with Gasteiger partial charge in [0.15, 0.2) is 24.2 Å². The normalized spacial score (nSPS) is 11.3. The molecule has 3 N–H and O–H groups in total. The van der Waals surface area contributed by atoms with E-state index in [1.807, 2.05) is 0 Å². The Balaban J connectivity index is 2.16. The molecule has 166 valence electrons. The van der Waals surface area contributed by atoms with Crippen molar-refractivity contribution >= 4 is 46.7 Å². The first-order chi connectivity index (χ1) is 14.7. The highest BCUT2D eigenvalue weighted by Crippen LogP contribution is 2.38. The molecule has 2 aromatic carbocycles. The number of halogens is 2. The summed E-state index contributed by atoms with van der Waals surface area (Å²) < 4.78 is 20.9. The molecule has 0 aliphatic carbocycles. The third kappa shape index (κ3) is 6.40. The van der Waals surface area contributed by atoms with Crippen molar-refractivity contribution in [1.82, 2.24) is 0 Å². The fourth-order valence-electron chi connectivity index (χ4n) is 2.39. The van der Waals surface area contributed by atoms with E-state index >= 15 is 0 Å². The lowest BCUT2D eigenvalue weighted by molar-refractivity contribution is -0.123. The third-order valence-corrected chi connectivity index (χ3v) is 4.44. The molecule has 1 unspecified atom stereocenters. The van der Waals surface area contributed by atoms with Crippen molar-refractivity contribution in [2.45, 2.75) is 13.0 Å². The van der Waals surface area contributed by atoms with E-state index in [9.17, 15) is 14.4 Å². The van der Waals surface area contributed by atoms with E-state index in [0.717, 1.165) is 0 Å². The highest BCUT2D eigenvalue weighted by Gasteiger charge is 2.23. The van der Waals surface area contributed by atoms with Gasteiger partial charge < -0.3 is 30.0 Å². The van der Waals surface area contributed by atoms with E-state index in [1.165, 1.54) is 45.4 Å². The smallest absolute Gasteiger partial charge is 0.339 e. The van der Waals surface area contributed by atoms with Gasteiger partial charge in [0.1, 0.15) is 0 Å². The summed E-state index contributed by atoms with van der Waals surface area (Å²) in [6.07, 6.45) is -1.15. The number of carbonyl (C=O) groups is 3. The van der Waals surface area contributed by atoms with E-state index in [0.29, 0.717) is 10.7 Å². The first kappa shape index (κ1) is 24.1. The minimum absolute atomic E-state index is 0.0318. The molecule has 11 heteroatoms. The van der Waals surface area contributed by atoms with E-state index in [1.54, 1.807) is 6.07 Å². The molecule has 2 aromatic rings. The van der Waals surface area contributed by atoms with Crippen molar-refractivity contribution in [2.75, 3.05) is 26.1 Å². The molecular weight excluding hydrogens is 451 g/mol. The van der Waals surface area contributed by atoms with Crippen LogP contribution >= 0.6 is 23.2 Å². The van der Waals surface area contributed by atoms with Crippen molar-refractivity contribution in [3.8, 4) is 17.2 Å². The summed E-state index contributed by atoms with van der Waals surface area (Å²) in [6.45, 7) is 0.983. The highest BCUT2D eigenvalue weighted by atomic mass is 35.5. The maximum Gasteiger partial charge on any atom is 0.339 e. The van der Waals surface area contributed by atoms with Crippen LogP contribution in [0.3, 0.4) is 0 Å². The van der Waals surface area contributed by atoms with Gasteiger partial charge in [-0.1, -0.05) is 23.2 Å². The molecular formula is C20H20Cl2N2O7. The van der Waals surface area contributed by atoms with Crippen LogP contribution in [-0.2, 0) is 14.3 Å². The summed E-state index contributed by atoms with van der Waals surface area (Å²) in [6, 6.07) is 7.19. The number of amides is 2. The molecule has 0 saturated heterocycles. The lowest BCUT2D eigenvalue weighted by Crippen LogP contribution is -2.30. The summed E-state index contributed by atoms with van der Waals surface area (Å²) in [4.78, 5) is 35.9. The monoisotopic (exact) mass is 470 g/mol. The molecule has 31 heavy (non-hydrogen) atoms. The van der Waals surface area contributed by atoms with Gasteiger partial charge in [-0.2, -0.15) is 0 Å². The van der Waals surface area contributed by atoms with Crippen LogP contribution in [0.2, 0.25) is 10.0 Å². The molecule has 9 nitrogen and oxygen atoms in total. The zero-order valence-electron chi connectivity index (χ0n) is 16.9. The maximum absolute atomic E-state index is 12.6. The Morgan fingerprint density at radius 3 is 2.19 bits per heavy atom. The number of anilines is 1. The third-order valence-electron chi connectivity index (χ3n) is 3.90. The molecule has 0 aliphatic rings. The van der Waals surface area contributed by atoms with E-state index in [4.69, 9.17) is 47.9 Å². The second-order valence-corrected chi connectivity index (χ2v) is 6.97.